The normalized spacial score (nSPS) is 10.7. The number of amides is 1. The Labute approximate surface area is 153 Å². The third-order valence-corrected chi connectivity index (χ3v) is 3.74. The van der Waals surface area contributed by atoms with Gasteiger partial charge in [-0.3, -0.25) is 14.8 Å². The van der Waals surface area contributed by atoms with Gasteiger partial charge in [0, 0.05) is 17.6 Å². The maximum Gasteiger partial charge on any atom is 0.354 e. The summed E-state index contributed by atoms with van der Waals surface area (Å²) in [5, 5.41) is 20.3. The van der Waals surface area contributed by atoms with Gasteiger partial charge in [0.15, 0.2) is 0 Å². The zero-order valence-electron chi connectivity index (χ0n) is 13.5. The molecule has 9 nitrogen and oxygen atoms in total. The second-order valence-electron chi connectivity index (χ2n) is 5.44. The SMILES string of the molecule is O=C(CCn1nccc1C(=O)O)Nc1ncn(Cc2cccc(Cl)c2)n1. The maximum absolute atomic E-state index is 12.0. The minimum Gasteiger partial charge on any atom is -0.477 e. The van der Waals surface area contributed by atoms with E-state index in [0.717, 1.165) is 5.56 Å². The van der Waals surface area contributed by atoms with Crippen LogP contribution in [0.25, 0.3) is 0 Å². The topological polar surface area (TPSA) is 115 Å². The first-order chi connectivity index (χ1) is 12.5. The fraction of sp³-hybridized carbons (Fsp3) is 0.188. The molecular weight excluding hydrogens is 360 g/mol. The molecule has 0 spiro atoms. The zero-order chi connectivity index (χ0) is 18.5. The molecule has 0 atom stereocenters. The van der Waals surface area contributed by atoms with Gasteiger partial charge in [-0.2, -0.15) is 5.10 Å². The van der Waals surface area contributed by atoms with E-state index in [0.29, 0.717) is 11.6 Å². The molecule has 26 heavy (non-hydrogen) atoms. The summed E-state index contributed by atoms with van der Waals surface area (Å²) in [4.78, 5) is 27.0. The van der Waals surface area contributed by atoms with Gasteiger partial charge in [0.1, 0.15) is 12.0 Å². The number of carbonyl (C=O) groups excluding carboxylic acids is 1. The fourth-order valence-corrected chi connectivity index (χ4v) is 2.55. The molecule has 0 aliphatic heterocycles. The van der Waals surface area contributed by atoms with E-state index in [1.165, 1.54) is 23.3 Å². The molecule has 1 aromatic carbocycles. The van der Waals surface area contributed by atoms with Crippen LogP contribution >= 0.6 is 11.6 Å². The quantitative estimate of drug-likeness (QED) is 0.652. The van der Waals surface area contributed by atoms with Crippen molar-refractivity contribution in [2.24, 2.45) is 0 Å². The zero-order valence-corrected chi connectivity index (χ0v) is 14.3. The maximum atomic E-state index is 12.0. The van der Waals surface area contributed by atoms with E-state index in [9.17, 15) is 9.59 Å². The number of rotatable bonds is 7. The first kappa shape index (κ1) is 17.6. The van der Waals surface area contributed by atoms with Crippen LogP contribution < -0.4 is 5.32 Å². The van der Waals surface area contributed by atoms with Crippen LogP contribution in [-0.4, -0.2) is 41.5 Å². The van der Waals surface area contributed by atoms with E-state index in [1.54, 1.807) is 10.7 Å². The molecule has 3 rings (SSSR count). The Bertz CT molecular complexity index is 935. The summed E-state index contributed by atoms with van der Waals surface area (Å²) in [5.41, 5.74) is 0.988. The summed E-state index contributed by atoms with van der Waals surface area (Å²) in [6, 6.07) is 8.74. The summed E-state index contributed by atoms with van der Waals surface area (Å²) in [6.07, 6.45) is 2.93. The van der Waals surface area contributed by atoms with Gasteiger partial charge in [-0.25, -0.2) is 14.5 Å². The predicted octanol–water partition coefficient (Wildman–Crippen LogP) is 1.90. The highest BCUT2D eigenvalue weighted by molar-refractivity contribution is 6.30. The number of carboxylic acids is 1. The molecule has 0 aliphatic carbocycles. The number of hydrogen-bond donors (Lipinski definition) is 2. The number of nitrogens with one attached hydrogen (secondary N) is 1. The largest absolute Gasteiger partial charge is 0.477 e. The van der Waals surface area contributed by atoms with Crippen molar-refractivity contribution in [2.75, 3.05) is 5.32 Å². The molecule has 0 radical (unpaired) electrons. The van der Waals surface area contributed by atoms with E-state index in [1.807, 2.05) is 18.2 Å². The molecule has 1 amide bonds. The number of hydrogen-bond acceptors (Lipinski definition) is 5. The minimum atomic E-state index is -1.09. The minimum absolute atomic E-state index is 0.0294. The summed E-state index contributed by atoms with van der Waals surface area (Å²) in [6.45, 7) is 0.613. The lowest BCUT2D eigenvalue weighted by atomic mass is 10.2. The number of aromatic carboxylic acids is 1. The Hall–Kier alpha value is -3.20. The van der Waals surface area contributed by atoms with Crippen molar-refractivity contribution in [1.29, 1.82) is 0 Å². The lowest BCUT2D eigenvalue weighted by molar-refractivity contribution is -0.116. The molecule has 0 fully saturated rings. The number of nitrogens with zero attached hydrogens (tertiary/aromatic N) is 5. The molecule has 2 aromatic heterocycles. The van der Waals surface area contributed by atoms with Crippen molar-refractivity contribution >= 4 is 29.4 Å². The van der Waals surface area contributed by atoms with Gasteiger partial charge >= 0.3 is 5.97 Å². The lowest BCUT2D eigenvalue weighted by Crippen LogP contribution is -2.18. The smallest absolute Gasteiger partial charge is 0.354 e. The van der Waals surface area contributed by atoms with Crippen molar-refractivity contribution in [2.45, 2.75) is 19.5 Å². The molecule has 2 heterocycles. The molecule has 3 aromatic rings. The number of carbonyl (C=O) groups is 2. The van der Waals surface area contributed by atoms with E-state index in [2.05, 4.69) is 20.5 Å². The highest BCUT2D eigenvalue weighted by Crippen LogP contribution is 2.12. The Morgan fingerprint density at radius 3 is 2.88 bits per heavy atom. The molecule has 0 bridgehead atoms. The Morgan fingerprint density at radius 2 is 2.12 bits per heavy atom. The van der Waals surface area contributed by atoms with Crippen LogP contribution in [0.5, 0.6) is 0 Å². The summed E-state index contributed by atoms with van der Waals surface area (Å²) >= 11 is 5.95. The van der Waals surface area contributed by atoms with Gasteiger partial charge in [0.05, 0.1) is 13.1 Å². The molecule has 10 heteroatoms. The van der Waals surface area contributed by atoms with Gasteiger partial charge in [0.2, 0.25) is 11.9 Å². The molecular formula is C16H15ClN6O3. The Kier molecular flexibility index (Phi) is 5.28. The number of anilines is 1. The Balaban J connectivity index is 1.54. The van der Waals surface area contributed by atoms with Gasteiger partial charge < -0.3 is 5.11 Å². The first-order valence-corrected chi connectivity index (χ1v) is 8.08. The highest BCUT2D eigenvalue weighted by atomic mass is 35.5. The monoisotopic (exact) mass is 374 g/mol. The van der Waals surface area contributed by atoms with Crippen molar-refractivity contribution in [1.82, 2.24) is 24.5 Å². The van der Waals surface area contributed by atoms with Crippen LogP contribution in [0.15, 0.2) is 42.9 Å². The summed E-state index contributed by atoms with van der Waals surface area (Å²) in [7, 11) is 0. The number of halogens is 1. The average molecular weight is 375 g/mol. The van der Waals surface area contributed by atoms with Crippen LogP contribution in [0, 0.1) is 0 Å². The van der Waals surface area contributed by atoms with Crippen molar-refractivity contribution in [3.05, 3.63) is 59.1 Å². The average Bonchev–Trinajstić information content (AvgIpc) is 3.22. The molecule has 0 saturated carbocycles. The highest BCUT2D eigenvalue weighted by Gasteiger charge is 2.12. The van der Waals surface area contributed by atoms with Crippen molar-refractivity contribution in [3.8, 4) is 0 Å². The third kappa shape index (κ3) is 4.45. The Morgan fingerprint density at radius 1 is 1.27 bits per heavy atom. The second-order valence-corrected chi connectivity index (χ2v) is 5.88. The number of carboxylic acid groups (broad SMARTS) is 1. The van der Waals surface area contributed by atoms with Gasteiger partial charge in [-0.1, -0.05) is 23.7 Å². The van der Waals surface area contributed by atoms with E-state index < -0.39 is 5.97 Å². The van der Waals surface area contributed by atoms with Gasteiger partial charge in [0.25, 0.3) is 0 Å². The van der Waals surface area contributed by atoms with Crippen LogP contribution in [-0.2, 0) is 17.9 Å². The first-order valence-electron chi connectivity index (χ1n) is 7.70. The predicted molar refractivity (Wildman–Crippen MR) is 93.0 cm³/mol. The summed E-state index contributed by atoms with van der Waals surface area (Å²) < 4.78 is 2.84. The molecule has 2 N–H and O–H groups in total. The molecule has 0 saturated heterocycles. The van der Waals surface area contributed by atoms with Crippen molar-refractivity contribution < 1.29 is 14.7 Å². The molecule has 0 aliphatic rings. The summed E-state index contributed by atoms with van der Waals surface area (Å²) in [5.74, 6) is -1.25. The number of aryl methyl sites for hydroxylation is 1. The van der Waals surface area contributed by atoms with Gasteiger partial charge in [-0.05, 0) is 23.8 Å². The van der Waals surface area contributed by atoms with E-state index >= 15 is 0 Å². The lowest BCUT2D eigenvalue weighted by Gasteiger charge is -2.04. The van der Waals surface area contributed by atoms with Crippen LogP contribution in [0.3, 0.4) is 0 Å². The third-order valence-electron chi connectivity index (χ3n) is 3.51. The number of aromatic nitrogens is 5. The van der Waals surface area contributed by atoms with E-state index in [-0.39, 0.29) is 30.5 Å². The standard InChI is InChI=1S/C16H15ClN6O3/c17-12-3-1-2-11(8-12)9-22-10-18-16(21-22)20-14(24)5-7-23-13(15(25)26)4-6-19-23/h1-4,6,8,10H,5,7,9H2,(H,25,26)(H,20,21,24). The number of benzene rings is 1. The fourth-order valence-electron chi connectivity index (χ4n) is 2.34. The van der Waals surface area contributed by atoms with E-state index in [4.69, 9.17) is 16.7 Å². The van der Waals surface area contributed by atoms with Crippen LogP contribution in [0.2, 0.25) is 5.02 Å². The van der Waals surface area contributed by atoms with Crippen molar-refractivity contribution in [3.63, 3.8) is 0 Å². The van der Waals surface area contributed by atoms with Crippen LogP contribution in [0.4, 0.5) is 5.95 Å². The second kappa shape index (κ2) is 7.79. The molecule has 134 valence electrons. The van der Waals surface area contributed by atoms with Crippen LogP contribution in [0.1, 0.15) is 22.5 Å². The van der Waals surface area contributed by atoms with Gasteiger partial charge in [-0.15, -0.1) is 5.10 Å². The molecule has 0 unspecified atom stereocenters.